The zero-order chi connectivity index (χ0) is 19.7. The standard InChI is InChI=1S/C20H31N3O3S/c1-20(2,3)16-6-8-18(9-7-16)27(25,26)14-10-21-19(24)23-13-12-22-11-4-5-17(22)15-23/h6-9,17H,4-5,10-15H2,1-3H3,(H,21,24). The van der Waals surface area contributed by atoms with Gasteiger partial charge in [0.1, 0.15) is 0 Å². The molecule has 6 nitrogen and oxygen atoms in total. The molecule has 0 aromatic heterocycles. The number of hydrogen-bond donors (Lipinski definition) is 1. The molecule has 0 bridgehead atoms. The Bertz CT molecular complexity index is 769. The Morgan fingerprint density at radius 1 is 1.15 bits per heavy atom. The van der Waals surface area contributed by atoms with Crippen molar-refractivity contribution in [2.24, 2.45) is 0 Å². The molecular formula is C20H31N3O3S. The molecule has 3 rings (SSSR count). The Morgan fingerprint density at radius 3 is 2.52 bits per heavy atom. The van der Waals surface area contributed by atoms with Crippen LogP contribution < -0.4 is 5.32 Å². The van der Waals surface area contributed by atoms with Gasteiger partial charge in [-0.25, -0.2) is 13.2 Å². The van der Waals surface area contributed by atoms with E-state index in [2.05, 4.69) is 31.0 Å². The number of sulfone groups is 1. The highest BCUT2D eigenvalue weighted by atomic mass is 32.2. The van der Waals surface area contributed by atoms with Crippen LogP contribution in [0.15, 0.2) is 29.2 Å². The highest BCUT2D eigenvalue weighted by Crippen LogP contribution is 2.24. The third-order valence-electron chi connectivity index (χ3n) is 5.60. The Morgan fingerprint density at radius 2 is 1.85 bits per heavy atom. The molecule has 1 atom stereocenters. The Kier molecular flexibility index (Phi) is 5.82. The summed E-state index contributed by atoms with van der Waals surface area (Å²) in [5.41, 5.74) is 1.08. The normalized spacial score (nSPS) is 21.1. The van der Waals surface area contributed by atoms with E-state index in [0.29, 0.717) is 17.5 Å². The van der Waals surface area contributed by atoms with Gasteiger partial charge in [-0.3, -0.25) is 4.90 Å². The van der Waals surface area contributed by atoms with Gasteiger partial charge in [-0.05, 0) is 42.5 Å². The van der Waals surface area contributed by atoms with Crippen LogP contribution in [-0.4, -0.2) is 68.8 Å². The first-order valence-electron chi connectivity index (χ1n) is 9.77. The van der Waals surface area contributed by atoms with Crippen molar-refractivity contribution in [2.45, 2.75) is 50.0 Å². The van der Waals surface area contributed by atoms with E-state index in [1.807, 2.05) is 17.0 Å². The number of carbonyl (C=O) groups is 1. The van der Waals surface area contributed by atoms with Crippen molar-refractivity contribution in [2.75, 3.05) is 38.5 Å². The van der Waals surface area contributed by atoms with Crippen LogP contribution in [0.2, 0.25) is 0 Å². The SMILES string of the molecule is CC(C)(C)c1ccc(S(=O)(=O)CCNC(=O)N2CCN3CCCC3C2)cc1. The molecule has 2 amide bonds. The van der Waals surface area contributed by atoms with Crippen LogP contribution >= 0.6 is 0 Å². The molecule has 27 heavy (non-hydrogen) atoms. The van der Waals surface area contributed by atoms with Gasteiger partial charge in [0, 0.05) is 32.2 Å². The summed E-state index contributed by atoms with van der Waals surface area (Å²) in [6, 6.07) is 7.38. The quantitative estimate of drug-likeness (QED) is 0.852. The predicted octanol–water partition coefficient (Wildman–Crippen LogP) is 2.25. The summed E-state index contributed by atoms with van der Waals surface area (Å²) in [6.07, 6.45) is 2.34. The van der Waals surface area contributed by atoms with Gasteiger partial charge in [-0.15, -0.1) is 0 Å². The van der Waals surface area contributed by atoms with Crippen molar-refractivity contribution in [3.63, 3.8) is 0 Å². The van der Waals surface area contributed by atoms with E-state index in [0.717, 1.165) is 31.6 Å². The van der Waals surface area contributed by atoms with E-state index in [-0.39, 0.29) is 23.7 Å². The van der Waals surface area contributed by atoms with Crippen molar-refractivity contribution in [3.05, 3.63) is 29.8 Å². The lowest BCUT2D eigenvalue weighted by Gasteiger charge is -2.37. The number of nitrogens with one attached hydrogen (secondary N) is 1. The number of benzene rings is 1. The number of carbonyl (C=O) groups excluding carboxylic acids is 1. The van der Waals surface area contributed by atoms with E-state index in [1.54, 1.807) is 12.1 Å². The van der Waals surface area contributed by atoms with E-state index in [9.17, 15) is 13.2 Å². The van der Waals surface area contributed by atoms with Gasteiger partial charge < -0.3 is 10.2 Å². The molecule has 0 aliphatic carbocycles. The average Bonchev–Trinajstić information content (AvgIpc) is 3.08. The number of urea groups is 1. The minimum absolute atomic E-state index is 0.0143. The molecule has 0 radical (unpaired) electrons. The second kappa shape index (κ2) is 7.80. The summed E-state index contributed by atoms with van der Waals surface area (Å²) in [7, 11) is -3.40. The number of fused-ring (bicyclic) bond motifs is 1. The molecule has 1 N–H and O–H groups in total. The van der Waals surface area contributed by atoms with Crippen molar-refractivity contribution in [1.29, 1.82) is 0 Å². The van der Waals surface area contributed by atoms with Crippen LogP contribution in [0.25, 0.3) is 0 Å². The van der Waals surface area contributed by atoms with Gasteiger partial charge in [-0.1, -0.05) is 32.9 Å². The topological polar surface area (TPSA) is 69.7 Å². The van der Waals surface area contributed by atoms with Crippen LogP contribution in [0.5, 0.6) is 0 Å². The highest BCUT2D eigenvalue weighted by molar-refractivity contribution is 7.91. The summed E-state index contributed by atoms with van der Waals surface area (Å²) in [6.45, 7) is 9.92. The van der Waals surface area contributed by atoms with Gasteiger partial charge in [0.05, 0.1) is 10.6 Å². The lowest BCUT2D eigenvalue weighted by molar-refractivity contribution is 0.118. The molecule has 2 heterocycles. The Labute approximate surface area is 162 Å². The van der Waals surface area contributed by atoms with Gasteiger partial charge in [0.25, 0.3) is 0 Å². The maximum absolute atomic E-state index is 12.5. The van der Waals surface area contributed by atoms with Crippen LogP contribution in [0.1, 0.15) is 39.2 Å². The van der Waals surface area contributed by atoms with Gasteiger partial charge >= 0.3 is 6.03 Å². The second-order valence-corrected chi connectivity index (χ2v) is 10.7. The zero-order valence-electron chi connectivity index (χ0n) is 16.6. The largest absolute Gasteiger partial charge is 0.337 e. The molecule has 2 fully saturated rings. The van der Waals surface area contributed by atoms with E-state index in [1.165, 1.54) is 6.42 Å². The third kappa shape index (κ3) is 4.82. The molecule has 0 saturated carbocycles. The number of rotatable bonds is 4. The maximum Gasteiger partial charge on any atom is 0.317 e. The van der Waals surface area contributed by atoms with Crippen LogP contribution in [0.3, 0.4) is 0 Å². The fourth-order valence-electron chi connectivity index (χ4n) is 3.86. The van der Waals surface area contributed by atoms with Gasteiger partial charge in [0.15, 0.2) is 9.84 Å². The molecule has 2 saturated heterocycles. The number of nitrogens with zero attached hydrogens (tertiary/aromatic N) is 2. The van der Waals surface area contributed by atoms with E-state index < -0.39 is 9.84 Å². The first-order valence-corrected chi connectivity index (χ1v) is 11.4. The minimum atomic E-state index is -3.40. The zero-order valence-corrected chi connectivity index (χ0v) is 17.4. The molecular weight excluding hydrogens is 362 g/mol. The summed E-state index contributed by atoms with van der Waals surface area (Å²) < 4.78 is 25.1. The Balaban J connectivity index is 1.51. The average molecular weight is 394 g/mol. The predicted molar refractivity (Wildman–Crippen MR) is 107 cm³/mol. The smallest absolute Gasteiger partial charge is 0.317 e. The van der Waals surface area contributed by atoms with Crippen LogP contribution in [0.4, 0.5) is 4.79 Å². The van der Waals surface area contributed by atoms with E-state index >= 15 is 0 Å². The van der Waals surface area contributed by atoms with E-state index in [4.69, 9.17) is 0 Å². The fourth-order valence-corrected chi connectivity index (χ4v) is 5.02. The minimum Gasteiger partial charge on any atom is -0.337 e. The molecule has 1 aromatic carbocycles. The first kappa shape index (κ1) is 20.1. The van der Waals surface area contributed by atoms with Crippen molar-refractivity contribution in [1.82, 2.24) is 15.1 Å². The monoisotopic (exact) mass is 393 g/mol. The lowest BCUT2D eigenvalue weighted by atomic mass is 9.87. The van der Waals surface area contributed by atoms with Crippen LogP contribution in [0, 0.1) is 0 Å². The summed E-state index contributed by atoms with van der Waals surface area (Å²) >= 11 is 0. The molecule has 1 aromatic rings. The summed E-state index contributed by atoms with van der Waals surface area (Å²) in [5.74, 6) is -0.0863. The number of piperazine rings is 1. The van der Waals surface area contributed by atoms with Crippen molar-refractivity contribution >= 4 is 15.9 Å². The van der Waals surface area contributed by atoms with Gasteiger partial charge in [0.2, 0.25) is 0 Å². The molecule has 7 heteroatoms. The Hall–Kier alpha value is -1.60. The fraction of sp³-hybridized carbons (Fsp3) is 0.650. The van der Waals surface area contributed by atoms with Crippen LogP contribution in [-0.2, 0) is 15.3 Å². The molecule has 1 unspecified atom stereocenters. The molecule has 150 valence electrons. The van der Waals surface area contributed by atoms with Crippen molar-refractivity contribution < 1.29 is 13.2 Å². The van der Waals surface area contributed by atoms with Gasteiger partial charge in [-0.2, -0.15) is 0 Å². The first-order chi connectivity index (χ1) is 12.7. The molecule has 0 spiro atoms. The summed E-state index contributed by atoms with van der Waals surface area (Å²) in [5, 5.41) is 2.78. The molecule has 2 aliphatic rings. The number of amides is 2. The van der Waals surface area contributed by atoms with Crippen molar-refractivity contribution in [3.8, 4) is 0 Å². The second-order valence-electron chi connectivity index (χ2n) is 8.60. The number of hydrogen-bond acceptors (Lipinski definition) is 4. The maximum atomic E-state index is 12.5. The summed E-state index contributed by atoms with van der Waals surface area (Å²) in [4.78, 5) is 16.9. The lowest BCUT2D eigenvalue weighted by Crippen LogP contribution is -2.54. The molecule has 2 aliphatic heterocycles. The highest BCUT2D eigenvalue weighted by Gasteiger charge is 2.32. The third-order valence-corrected chi connectivity index (χ3v) is 7.33.